The van der Waals surface area contributed by atoms with E-state index >= 15 is 0 Å². The van der Waals surface area contributed by atoms with Crippen LogP contribution in [0.2, 0.25) is 5.02 Å². The number of methoxy groups -OCH3 is 1. The number of aliphatic imine (C=N–C) groups is 1. The molecule has 1 aromatic heterocycles. The predicted molar refractivity (Wildman–Crippen MR) is 169 cm³/mol. The van der Waals surface area contributed by atoms with Crippen LogP contribution in [-0.4, -0.2) is 34.4 Å². The van der Waals surface area contributed by atoms with Crippen LogP contribution in [0.4, 0.5) is 5.69 Å². The average molecular weight is 601 g/mol. The van der Waals surface area contributed by atoms with Gasteiger partial charge >= 0.3 is 5.97 Å². The highest BCUT2D eigenvalue weighted by Gasteiger charge is 2.33. The Morgan fingerprint density at radius 1 is 0.976 bits per heavy atom. The summed E-state index contributed by atoms with van der Waals surface area (Å²) in [6, 6.07) is 24.2. The zero-order chi connectivity index (χ0) is 29.8. The maximum Gasteiger partial charge on any atom is 0.344 e. The Hall–Kier alpha value is -4.40. The summed E-state index contributed by atoms with van der Waals surface area (Å²) < 4.78 is 18.5. The minimum atomic E-state index is -0.624. The van der Waals surface area contributed by atoms with Gasteiger partial charge in [0.25, 0.3) is 0 Å². The van der Waals surface area contributed by atoms with Crippen LogP contribution in [0.5, 0.6) is 17.2 Å². The molecule has 0 radical (unpaired) electrons. The standard InChI is InChI=1S/C33H29ClN2O5S/c1-5-40-33(38)30-31(37)29(42-32(30)35-24-8-6-23(34)7-9-24)19-22-18-20(2)36(21(22)3)25-10-12-27(13-11-25)41-28-16-14-26(39-4)15-17-28/h6-19,37H,5H2,1-4H3/b29-19-,35-32?. The van der Waals surface area contributed by atoms with Crippen LogP contribution in [0.15, 0.2) is 100 Å². The summed E-state index contributed by atoms with van der Waals surface area (Å²) in [5, 5.41) is 12.1. The minimum absolute atomic E-state index is 0.0457. The number of aliphatic hydroxyl groups is 1. The molecule has 9 heteroatoms. The normalized spacial score (nSPS) is 15.0. The van der Waals surface area contributed by atoms with Crippen LogP contribution in [0.3, 0.4) is 0 Å². The van der Waals surface area contributed by atoms with Crippen molar-refractivity contribution in [3.05, 3.63) is 117 Å². The number of ether oxygens (including phenoxy) is 3. The molecule has 0 unspecified atom stereocenters. The van der Waals surface area contributed by atoms with Gasteiger partial charge in [-0.3, -0.25) is 0 Å². The fourth-order valence-electron chi connectivity index (χ4n) is 4.54. The first-order valence-electron chi connectivity index (χ1n) is 13.2. The van der Waals surface area contributed by atoms with Crippen molar-refractivity contribution in [2.75, 3.05) is 13.7 Å². The first-order valence-corrected chi connectivity index (χ1v) is 14.4. The number of hydrogen-bond donors (Lipinski definition) is 1. The van der Waals surface area contributed by atoms with Crippen molar-refractivity contribution in [2.24, 2.45) is 4.99 Å². The number of carbonyl (C=O) groups excluding carboxylic acids is 1. The molecule has 0 saturated heterocycles. The number of hydrogen-bond acceptors (Lipinski definition) is 7. The summed E-state index contributed by atoms with van der Waals surface area (Å²) in [6.45, 7) is 5.93. The Balaban J connectivity index is 1.43. The van der Waals surface area contributed by atoms with Crippen LogP contribution in [-0.2, 0) is 9.53 Å². The molecule has 2 heterocycles. The minimum Gasteiger partial charge on any atom is -0.506 e. The van der Waals surface area contributed by atoms with Crippen LogP contribution >= 0.6 is 23.4 Å². The van der Waals surface area contributed by atoms with Gasteiger partial charge in [-0.1, -0.05) is 23.4 Å². The second-order valence-corrected chi connectivity index (χ2v) is 10.8. The van der Waals surface area contributed by atoms with E-state index in [0.29, 0.717) is 32.2 Å². The number of halogens is 1. The first kappa shape index (κ1) is 29.1. The highest BCUT2D eigenvalue weighted by Crippen LogP contribution is 2.41. The van der Waals surface area contributed by atoms with Gasteiger partial charge in [-0.05, 0) is 111 Å². The largest absolute Gasteiger partial charge is 0.506 e. The lowest BCUT2D eigenvalue weighted by Crippen LogP contribution is -2.12. The van der Waals surface area contributed by atoms with Crippen LogP contribution in [0, 0.1) is 13.8 Å². The molecule has 0 amide bonds. The fourth-order valence-corrected chi connectivity index (χ4v) is 5.69. The summed E-state index contributed by atoms with van der Waals surface area (Å²) >= 11 is 7.23. The lowest BCUT2D eigenvalue weighted by Gasteiger charge is -2.11. The topological polar surface area (TPSA) is 82.3 Å². The summed E-state index contributed by atoms with van der Waals surface area (Å²) in [4.78, 5) is 17.9. The SMILES string of the molecule is CCOC(=O)C1=C(O)/C(=C/c2cc(C)n(-c3ccc(Oc4ccc(OC)cc4)cc3)c2C)SC1=Nc1ccc(Cl)cc1. The number of aliphatic hydroxyl groups excluding tert-OH is 1. The van der Waals surface area contributed by atoms with Gasteiger partial charge in [0.05, 0.1) is 24.3 Å². The van der Waals surface area contributed by atoms with Gasteiger partial charge in [0.2, 0.25) is 0 Å². The Labute approximate surface area is 253 Å². The Morgan fingerprint density at radius 3 is 2.21 bits per heavy atom. The quantitative estimate of drug-likeness (QED) is 0.204. The zero-order valence-electron chi connectivity index (χ0n) is 23.6. The third-order valence-electron chi connectivity index (χ3n) is 6.57. The second-order valence-electron chi connectivity index (χ2n) is 9.38. The number of aromatic nitrogens is 1. The van der Waals surface area contributed by atoms with Crippen molar-refractivity contribution in [2.45, 2.75) is 20.8 Å². The number of rotatable bonds is 8. The number of nitrogens with zero attached hydrogens (tertiary/aromatic N) is 2. The lowest BCUT2D eigenvalue weighted by molar-refractivity contribution is -0.138. The number of benzene rings is 3. The van der Waals surface area contributed by atoms with Crippen LogP contribution in [0.1, 0.15) is 23.9 Å². The van der Waals surface area contributed by atoms with E-state index in [1.165, 1.54) is 11.8 Å². The highest BCUT2D eigenvalue weighted by atomic mass is 35.5. The van der Waals surface area contributed by atoms with Gasteiger partial charge in [-0.15, -0.1) is 0 Å². The molecule has 1 aliphatic heterocycles. The van der Waals surface area contributed by atoms with E-state index < -0.39 is 5.97 Å². The summed E-state index contributed by atoms with van der Waals surface area (Å²) in [7, 11) is 1.63. The zero-order valence-corrected chi connectivity index (χ0v) is 25.1. The fraction of sp³-hybridized carbons (Fsp3) is 0.152. The molecule has 42 heavy (non-hydrogen) atoms. The smallest absolute Gasteiger partial charge is 0.344 e. The first-order chi connectivity index (χ1) is 20.3. The Kier molecular flexibility index (Phi) is 8.75. The van der Waals surface area contributed by atoms with E-state index in [1.807, 2.05) is 74.5 Å². The summed E-state index contributed by atoms with van der Waals surface area (Å²) in [6.07, 6.45) is 1.86. The number of esters is 1. The molecule has 1 N–H and O–H groups in total. The molecule has 0 fully saturated rings. The maximum absolute atomic E-state index is 12.8. The number of thioether (sulfide) groups is 1. The van der Waals surface area contributed by atoms with Crippen molar-refractivity contribution in [3.63, 3.8) is 0 Å². The molecule has 4 aromatic rings. The number of aryl methyl sites for hydroxylation is 1. The van der Waals surface area contributed by atoms with E-state index in [0.717, 1.165) is 28.4 Å². The molecule has 0 bridgehead atoms. The van der Waals surface area contributed by atoms with E-state index in [2.05, 4.69) is 9.56 Å². The van der Waals surface area contributed by atoms with Gasteiger partial charge in [-0.25, -0.2) is 9.79 Å². The average Bonchev–Trinajstić information content (AvgIpc) is 3.44. The molecule has 0 atom stereocenters. The van der Waals surface area contributed by atoms with E-state index in [9.17, 15) is 9.90 Å². The molecule has 0 spiro atoms. The lowest BCUT2D eigenvalue weighted by atomic mass is 10.2. The van der Waals surface area contributed by atoms with E-state index in [1.54, 1.807) is 38.3 Å². The molecule has 3 aromatic carbocycles. The van der Waals surface area contributed by atoms with Gasteiger partial charge in [0.15, 0.2) is 0 Å². The molecule has 0 aliphatic carbocycles. The highest BCUT2D eigenvalue weighted by molar-refractivity contribution is 8.18. The summed E-state index contributed by atoms with van der Waals surface area (Å²) in [5.74, 6) is 1.42. The predicted octanol–water partition coefficient (Wildman–Crippen LogP) is 8.74. The maximum atomic E-state index is 12.8. The molecule has 7 nitrogen and oxygen atoms in total. The van der Waals surface area contributed by atoms with Crippen molar-refractivity contribution in [1.29, 1.82) is 0 Å². The third-order valence-corrected chi connectivity index (χ3v) is 7.85. The van der Waals surface area contributed by atoms with Crippen molar-refractivity contribution >= 4 is 46.1 Å². The second kappa shape index (κ2) is 12.6. The summed E-state index contributed by atoms with van der Waals surface area (Å²) in [5.41, 5.74) is 4.50. The molecule has 5 rings (SSSR count). The van der Waals surface area contributed by atoms with E-state index in [-0.39, 0.29) is 17.9 Å². The molecule has 0 saturated carbocycles. The van der Waals surface area contributed by atoms with Crippen LogP contribution in [0.25, 0.3) is 11.8 Å². The van der Waals surface area contributed by atoms with Gasteiger partial charge in [0.1, 0.15) is 33.6 Å². The van der Waals surface area contributed by atoms with Gasteiger partial charge < -0.3 is 23.9 Å². The molecule has 214 valence electrons. The molecular formula is C33H29ClN2O5S. The van der Waals surface area contributed by atoms with E-state index in [4.69, 9.17) is 25.8 Å². The number of carbonyl (C=O) groups is 1. The van der Waals surface area contributed by atoms with Crippen LogP contribution < -0.4 is 9.47 Å². The Morgan fingerprint density at radius 2 is 1.60 bits per heavy atom. The van der Waals surface area contributed by atoms with Gasteiger partial charge in [-0.2, -0.15) is 0 Å². The Bertz CT molecular complexity index is 1700. The third kappa shape index (κ3) is 6.25. The molecule has 1 aliphatic rings. The molecular weight excluding hydrogens is 572 g/mol. The monoisotopic (exact) mass is 600 g/mol. The van der Waals surface area contributed by atoms with Crippen molar-refractivity contribution < 1.29 is 24.1 Å². The van der Waals surface area contributed by atoms with Crippen molar-refractivity contribution in [1.82, 2.24) is 4.57 Å². The van der Waals surface area contributed by atoms with Crippen molar-refractivity contribution in [3.8, 4) is 22.9 Å². The van der Waals surface area contributed by atoms with Gasteiger partial charge in [0, 0.05) is 22.1 Å².